The molecule has 0 amide bonds. The molecule has 0 bridgehead atoms. The molecule has 1 aromatic rings. The molecule has 1 saturated carbocycles. The van der Waals surface area contributed by atoms with Gasteiger partial charge in [0.15, 0.2) is 0 Å². The van der Waals surface area contributed by atoms with Gasteiger partial charge in [0.25, 0.3) is 0 Å². The van der Waals surface area contributed by atoms with E-state index in [2.05, 4.69) is 18.3 Å². The molecule has 0 aromatic heterocycles. The number of benzene rings is 1. The van der Waals surface area contributed by atoms with E-state index >= 15 is 0 Å². The molecule has 1 aliphatic carbocycles. The predicted molar refractivity (Wildman–Crippen MR) is 58.8 cm³/mol. The van der Waals surface area contributed by atoms with Crippen LogP contribution in [0.25, 0.3) is 0 Å². The number of rotatable bonds is 4. The first kappa shape index (κ1) is 9.38. The maximum atomic E-state index is 5.17. The van der Waals surface area contributed by atoms with Gasteiger partial charge in [-0.1, -0.05) is 6.07 Å². The molecule has 0 spiro atoms. The van der Waals surface area contributed by atoms with Gasteiger partial charge in [0.05, 0.1) is 7.11 Å². The van der Waals surface area contributed by atoms with Crippen LogP contribution in [-0.2, 0) is 0 Å². The molecule has 2 heteroatoms. The van der Waals surface area contributed by atoms with Crippen LogP contribution in [0.1, 0.15) is 19.8 Å². The van der Waals surface area contributed by atoms with E-state index in [1.165, 1.54) is 12.8 Å². The lowest BCUT2D eigenvalue weighted by Gasteiger charge is -2.14. The molecule has 14 heavy (non-hydrogen) atoms. The van der Waals surface area contributed by atoms with Gasteiger partial charge in [0, 0.05) is 17.8 Å². The molecule has 0 aliphatic heterocycles. The van der Waals surface area contributed by atoms with Crippen molar-refractivity contribution in [3.63, 3.8) is 0 Å². The highest BCUT2D eigenvalue weighted by Gasteiger charge is 2.27. The molecule has 2 rings (SSSR count). The number of anilines is 1. The Balaban J connectivity index is 2.00. The zero-order valence-electron chi connectivity index (χ0n) is 8.79. The van der Waals surface area contributed by atoms with Crippen molar-refractivity contribution >= 4 is 5.69 Å². The van der Waals surface area contributed by atoms with Crippen molar-refractivity contribution in [3.05, 3.63) is 24.3 Å². The van der Waals surface area contributed by atoms with Gasteiger partial charge in [0.2, 0.25) is 0 Å². The van der Waals surface area contributed by atoms with E-state index in [1.54, 1.807) is 7.11 Å². The largest absolute Gasteiger partial charge is 0.497 e. The van der Waals surface area contributed by atoms with Gasteiger partial charge in [-0.05, 0) is 37.8 Å². The summed E-state index contributed by atoms with van der Waals surface area (Å²) < 4.78 is 5.17. The summed E-state index contributed by atoms with van der Waals surface area (Å²) >= 11 is 0. The van der Waals surface area contributed by atoms with Crippen LogP contribution in [-0.4, -0.2) is 13.2 Å². The normalized spacial score (nSPS) is 17.6. The highest BCUT2D eigenvalue weighted by molar-refractivity contribution is 5.48. The fraction of sp³-hybridized carbons (Fsp3) is 0.500. The van der Waals surface area contributed by atoms with Crippen LogP contribution in [0, 0.1) is 5.92 Å². The Labute approximate surface area is 85.3 Å². The fourth-order valence-corrected chi connectivity index (χ4v) is 1.69. The number of hydrogen-bond acceptors (Lipinski definition) is 2. The molecular weight excluding hydrogens is 174 g/mol. The third-order valence-corrected chi connectivity index (χ3v) is 2.79. The lowest BCUT2D eigenvalue weighted by Crippen LogP contribution is -2.16. The summed E-state index contributed by atoms with van der Waals surface area (Å²) in [6.45, 7) is 2.25. The molecule has 2 nitrogen and oxygen atoms in total. The summed E-state index contributed by atoms with van der Waals surface area (Å²) in [5, 5.41) is 3.50. The average Bonchev–Trinajstić information content (AvgIpc) is 3.01. The van der Waals surface area contributed by atoms with E-state index < -0.39 is 0 Å². The number of methoxy groups -OCH3 is 1. The summed E-state index contributed by atoms with van der Waals surface area (Å²) in [6, 6.07) is 8.69. The van der Waals surface area contributed by atoms with E-state index in [0.717, 1.165) is 17.4 Å². The first-order valence-corrected chi connectivity index (χ1v) is 5.20. The zero-order valence-corrected chi connectivity index (χ0v) is 8.79. The third-order valence-electron chi connectivity index (χ3n) is 2.79. The fourth-order valence-electron chi connectivity index (χ4n) is 1.69. The quantitative estimate of drug-likeness (QED) is 0.790. The topological polar surface area (TPSA) is 21.3 Å². The van der Waals surface area contributed by atoms with Crippen LogP contribution in [0.3, 0.4) is 0 Å². The van der Waals surface area contributed by atoms with Gasteiger partial charge < -0.3 is 10.1 Å². The molecule has 1 unspecified atom stereocenters. The van der Waals surface area contributed by atoms with Gasteiger partial charge in [-0.15, -0.1) is 0 Å². The Morgan fingerprint density at radius 1 is 1.43 bits per heavy atom. The molecule has 1 N–H and O–H groups in total. The van der Waals surface area contributed by atoms with E-state index in [9.17, 15) is 0 Å². The minimum atomic E-state index is 0.585. The van der Waals surface area contributed by atoms with Crippen LogP contribution in [0.5, 0.6) is 5.75 Å². The van der Waals surface area contributed by atoms with Crippen LogP contribution in [0.15, 0.2) is 24.3 Å². The average molecular weight is 191 g/mol. The van der Waals surface area contributed by atoms with Crippen molar-refractivity contribution in [2.75, 3.05) is 12.4 Å². The van der Waals surface area contributed by atoms with Gasteiger partial charge in [-0.3, -0.25) is 0 Å². The van der Waals surface area contributed by atoms with Crippen molar-refractivity contribution in [2.24, 2.45) is 5.92 Å². The van der Waals surface area contributed by atoms with E-state index in [-0.39, 0.29) is 0 Å². The van der Waals surface area contributed by atoms with E-state index in [4.69, 9.17) is 4.74 Å². The highest BCUT2D eigenvalue weighted by atomic mass is 16.5. The molecule has 1 fully saturated rings. The second-order valence-corrected chi connectivity index (χ2v) is 4.00. The van der Waals surface area contributed by atoms with Crippen LogP contribution in [0.4, 0.5) is 5.69 Å². The monoisotopic (exact) mass is 191 g/mol. The molecule has 1 aromatic carbocycles. The Morgan fingerprint density at radius 3 is 2.86 bits per heavy atom. The van der Waals surface area contributed by atoms with Crippen LogP contribution in [0.2, 0.25) is 0 Å². The maximum Gasteiger partial charge on any atom is 0.120 e. The zero-order chi connectivity index (χ0) is 9.97. The van der Waals surface area contributed by atoms with Crippen LogP contribution >= 0.6 is 0 Å². The summed E-state index contributed by atoms with van der Waals surface area (Å²) in [6.07, 6.45) is 2.75. The summed E-state index contributed by atoms with van der Waals surface area (Å²) in [5.41, 5.74) is 1.16. The summed E-state index contributed by atoms with van der Waals surface area (Å²) in [4.78, 5) is 0. The van der Waals surface area contributed by atoms with E-state index in [0.29, 0.717) is 6.04 Å². The number of nitrogens with one attached hydrogen (secondary N) is 1. The second kappa shape index (κ2) is 3.91. The molecule has 0 heterocycles. The Hall–Kier alpha value is -1.18. The highest BCUT2D eigenvalue weighted by Crippen LogP contribution is 2.34. The Bertz CT molecular complexity index is 307. The van der Waals surface area contributed by atoms with Crippen LogP contribution < -0.4 is 10.1 Å². The minimum absolute atomic E-state index is 0.585. The number of ether oxygens (including phenoxy) is 1. The lowest BCUT2D eigenvalue weighted by molar-refractivity contribution is 0.415. The van der Waals surface area contributed by atoms with Gasteiger partial charge in [0.1, 0.15) is 5.75 Å². The van der Waals surface area contributed by atoms with Gasteiger partial charge in [-0.2, -0.15) is 0 Å². The Kier molecular flexibility index (Phi) is 2.62. The van der Waals surface area contributed by atoms with Crippen molar-refractivity contribution in [1.82, 2.24) is 0 Å². The molecule has 1 atom stereocenters. The van der Waals surface area contributed by atoms with Crippen molar-refractivity contribution in [1.29, 1.82) is 0 Å². The molecule has 0 radical (unpaired) electrons. The SMILES string of the molecule is COc1cccc(NC(C)C2CC2)c1. The third kappa shape index (κ3) is 2.19. The van der Waals surface area contributed by atoms with Crippen molar-refractivity contribution in [3.8, 4) is 5.75 Å². The summed E-state index contributed by atoms with van der Waals surface area (Å²) in [7, 11) is 1.70. The molecule has 76 valence electrons. The molecule has 1 aliphatic rings. The van der Waals surface area contributed by atoms with Gasteiger partial charge >= 0.3 is 0 Å². The summed E-state index contributed by atoms with van der Waals surface area (Å²) in [5.74, 6) is 1.79. The molecular formula is C12H17NO. The molecule has 0 saturated heterocycles. The first-order valence-electron chi connectivity index (χ1n) is 5.20. The van der Waals surface area contributed by atoms with Crippen molar-refractivity contribution in [2.45, 2.75) is 25.8 Å². The number of hydrogen-bond donors (Lipinski definition) is 1. The standard InChI is InChI=1S/C12H17NO/c1-9(10-6-7-10)13-11-4-3-5-12(8-11)14-2/h3-5,8-10,13H,6-7H2,1-2H3. The Morgan fingerprint density at radius 2 is 2.21 bits per heavy atom. The van der Waals surface area contributed by atoms with Gasteiger partial charge in [-0.25, -0.2) is 0 Å². The predicted octanol–water partition coefficient (Wildman–Crippen LogP) is 2.91. The maximum absolute atomic E-state index is 5.17. The van der Waals surface area contributed by atoms with E-state index in [1.807, 2.05) is 18.2 Å². The van der Waals surface area contributed by atoms with Crippen molar-refractivity contribution < 1.29 is 4.74 Å². The smallest absolute Gasteiger partial charge is 0.120 e. The first-order chi connectivity index (χ1) is 6.79. The second-order valence-electron chi connectivity index (χ2n) is 4.00. The lowest BCUT2D eigenvalue weighted by atomic mass is 10.2. The minimum Gasteiger partial charge on any atom is -0.497 e.